The summed E-state index contributed by atoms with van der Waals surface area (Å²) in [6.07, 6.45) is -43.1. The van der Waals surface area contributed by atoms with Gasteiger partial charge < -0.3 is 0 Å². The predicted octanol–water partition coefficient (Wildman–Crippen LogP) is 6.56. The van der Waals surface area contributed by atoms with Gasteiger partial charge in [-0.15, -0.1) is 0 Å². The van der Waals surface area contributed by atoms with Crippen LogP contribution >= 0.6 is 0 Å². The molecule has 0 heterocycles. The van der Waals surface area contributed by atoms with E-state index >= 15 is 0 Å². The highest BCUT2D eigenvalue weighted by Crippen LogP contribution is 2.69. The molecule has 0 aromatic heterocycles. The molecule has 0 fully saturated rings. The Balaban J connectivity index is 7.82. The Morgan fingerprint density at radius 2 is 0.379 bits per heavy atom. The molecule has 0 rings (SSSR count). The van der Waals surface area contributed by atoms with Crippen molar-refractivity contribution in [2.45, 2.75) is 53.8 Å². The summed E-state index contributed by atoms with van der Waals surface area (Å²) < 4.78 is 252. The summed E-state index contributed by atoms with van der Waals surface area (Å²) in [6, 6.07) is 0. The van der Waals surface area contributed by atoms with Crippen molar-refractivity contribution in [2.75, 3.05) is 0 Å². The van der Waals surface area contributed by atoms with Crippen molar-refractivity contribution in [3.63, 3.8) is 0 Å². The van der Waals surface area contributed by atoms with Gasteiger partial charge in [0, 0.05) is 0 Å². The highest BCUT2D eigenvalue weighted by atomic mass is 19.4. The summed E-state index contributed by atoms with van der Waals surface area (Å²) in [7, 11) is 0. The Hall–Kier alpha value is -1.40. The van der Waals surface area contributed by atoms with Crippen LogP contribution in [0.15, 0.2) is 0 Å². The molecule has 29 heavy (non-hydrogen) atoms. The van der Waals surface area contributed by atoms with Gasteiger partial charge in [0.2, 0.25) is 0 Å². The smallest absolute Gasteiger partial charge is 0.222 e. The average Bonchev–Trinajstić information content (AvgIpc) is 2.37. The molecule has 1 unspecified atom stereocenters. The zero-order valence-corrected chi connectivity index (χ0v) is 12.1. The molecule has 0 spiro atoms. The predicted molar refractivity (Wildman–Crippen MR) is 46.7 cm³/mol. The fourth-order valence-electron chi connectivity index (χ4n) is 1.90. The van der Waals surface area contributed by atoms with E-state index in [9.17, 15) is 87.8 Å². The Kier molecular flexibility index (Phi) is 6.00. The molecule has 0 saturated heterocycles. The summed E-state index contributed by atoms with van der Waals surface area (Å²) in [5.41, 5.74) is -27.8. The lowest BCUT2D eigenvalue weighted by molar-refractivity contribution is -0.487. The van der Waals surface area contributed by atoms with Gasteiger partial charge in [0.25, 0.3) is 0 Å². The summed E-state index contributed by atoms with van der Waals surface area (Å²) in [5, 5.41) is 0. The monoisotopic (exact) mass is 488 g/mol. The van der Waals surface area contributed by atoms with E-state index in [4.69, 9.17) is 0 Å². The van der Waals surface area contributed by atoms with E-state index in [1.807, 2.05) is 0 Å². The van der Waals surface area contributed by atoms with Gasteiger partial charge in [0.05, 0.1) is 0 Å². The molecule has 0 N–H and O–H groups in total. The Morgan fingerprint density at radius 1 is 0.207 bits per heavy atom. The normalized spacial score (nSPS) is 18.6. The highest BCUT2D eigenvalue weighted by Gasteiger charge is 3.03. The maximum absolute atomic E-state index is 13.7. The average molecular weight is 488 g/mol. The van der Waals surface area contributed by atoms with Crippen molar-refractivity contribution in [2.24, 2.45) is 0 Å². The first-order chi connectivity index (χ1) is 12.0. The van der Waals surface area contributed by atoms with E-state index in [-0.39, 0.29) is 0 Å². The standard InChI is InChI=1S/C9F20/c10-1(5(15,16)17,2(11,6(18,19)20)7(21,22)23)4(13,14)3(12,8(24,25)26)9(27,28)29. The Bertz CT molecular complexity index is 564. The van der Waals surface area contributed by atoms with E-state index in [1.165, 1.54) is 0 Å². The van der Waals surface area contributed by atoms with E-state index < -0.39 is 53.8 Å². The lowest BCUT2D eigenvalue weighted by Crippen LogP contribution is -2.83. The fourth-order valence-corrected chi connectivity index (χ4v) is 1.90. The zero-order chi connectivity index (χ0) is 24.5. The van der Waals surface area contributed by atoms with Crippen LogP contribution in [-0.2, 0) is 0 Å². The van der Waals surface area contributed by atoms with Gasteiger partial charge >= 0.3 is 53.8 Å². The second-order valence-corrected chi connectivity index (χ2v) is 5.04. The van der Waals surface area contributed by atoms with Crippen molar-refractivity contribution in [1.29, 1.82) is 0 Å². The Morgan fingerprint density at radius 3 is 0.517 bits per heavy atom. The molecule has 0 bridgehead atoms. The van der Waals surface area contributed by atoms with Crippen LogP contribution in [0.25, 0.3) is 0 Å². The topological polar surface area (TPSA) is 0 Å². The number of halogens is 20. The molecular weight excluding hydrogens is 488 g/mol. The van der Waals surface area contributed by atoms with Gasteiger partial charge in [-0.05, 0) is 0 Å². The van der Waals surface area contributed by atoms with Gasteiger partial charge in [0.15, 0.2) is 0 Å². The quantitative estimate of drug-likeness (QED) is 0.395. The summed E-state index contributed by atoms with van der Waals surface area (Å²) >= 11 is 0. The van der Waals surface area contributed by atoms with Gasteiger partial charge in [-0.3, -0.25) is 0 Å². The van der Waals surface area contributed by atoms with Gasteiger partial charge in [-0.1, -0.05) is 0 Å². The third kappa shape index (κ3) is 3.23. The van der Waals surface area contributed by atoms with E-state index in [0.717, 1.165) is 0 Å². The van der Waals surface area contributed by atoms with Crippen molar-refractivity contribution in [1.82, 2.24) is 0 Å². The minimum Gasteiger partial charge on any atom is -0.222 e. The number of alkyl halides is 20. The Labute approximate surface area is 143 Å². The number of rotatable bonds is 3. The molecule has 0 aliphatic carbocycles. The maximum atomic E-state index is 13.7. The first-order valence-electron chi connectivity index (χ1n) is 5.78. The minimum absolute atomic E-state index is 8.52. The first-order valence-corrected chi connectivity index (χ1v) is 5.78. The van der Waals surface area contributed by atoms with E-state index in [1.54, 1.807) is 0 Å². The lowest BCUT2D eigenvalue weighted by atomic mass is 9.72. The number of hydrogen-bond acceptors (Lipinski definition) is 0. The summed E-state index contributed by atoms with van der Waals surface area (Å²) in [6.45, 7) is 0. The van der Waals surface area contributed by atoms with Crippen molar-refractivity contribution in [3.8, 4) is 0 Å². The molecule has 176 valence electrons. The van der Waals surface area contributed by atoms with E-state index in [2.05, 4.69) is 0 Å². The molecule has 0 aromatic carbocycles. The lowest BCUT2D eigenvalue weighted by Gasteiger charge is -2.49. The summed E-state index contributed by atoms with van der Waals surface area (Å²) in [4.78, 5) is 0. The molecular formula is C9F20. The van der Waals surface area contributed by atoms with Crippen molar-refractivity contribution < 1.29 is 87.8 Å². The molecule has 0 nitrogen and oxygen atoms in total. The third-order valence-electron chi connectivity index (χ3n) is 3.29. The fraction of sp³-hybridized carbons (Fsp3) is 1.00. The van der Waals surface area contributed by atoms with Crippen molar-refractivity contribution >= 4 is 0 Å². The molecule has 20 heteroatoms. The summed E-state index contributed by atoms with van der Waals surface area (Å²) in [5.74, 6) is -9.46. The van der Waals surface area contributed by atoms with Gasteiger partial charge in [-0.25, -0.2) is 13.2 Å². The van der Waals surface area contributed by atoms with Crippen LogP contribution in [0.2, 0.25) is 0 Å². The largest absolute Gasteiger partial charge is 0.437 e. The third-order valence-corrected chi connectivity index (χ3v) is 3.29. The van der Waals surface area contributed by atoms with Crippen LogP contribution in [0.5, 0.6) is 0 Å². The van der Waals surface area contributed by atoms with Crippen molar-refractivity contribution in [3.05, 3.63) is 0 Å². The molecule has 0 radical (unpaired) electrons. The van der Waals surface area contributed by atoms with Crippen LogP contribution in [0.4, 0.5) is 87.8 Å². The molecule has 0 aliphatic heterocycles. The molecule has 0 amide bonds. The molecule has 0 saturated carbocycles. The number of hydrogen-bond donors (Lipinski definition) is 0. The maximum Gasteiger partial charge on any atom is 0.437 e. The van der Waals surface area contributed by atoms with E-state index in [0.29, 0.717) is 0 Å². The van der Waals surface area contributed by atoms with Crippen LogP contribution in [-0.4, -0.2) is 53.8 Å². The second kappa shape index (κ2) is 6.30. The first kappa shape index (κ1) is 27.6. The zero-order valence-electron chi connectivity index (χ0n) is 12.1. The molecule has 0 aromatic rings. The second-order valence-electron chi connectivity index (χ2n) is 5.04. The SMILES string of the molecule is FC(F)(F)C(F)(C(F)(F)F)C(F)(F)C(F)(C(F)(F)F)C(F)(C(F)(F)F)C(F)(F)F. The molecule has 0 aliphatic rings. The van der Waals surface area contributed by atoms with Gasteiger partial charge in [-0.2, -0.15) is 74.6 Å². The molecule has 1 atom stereocenters. The van der Waals surface area contributed by atoms with Gasteiger partial charge in [0.1, 0.15) is 0 Å². The van der Waals surface area contributed by atoms with Crippen LogP contribution in [0.3, 0.4) is 0 Å². The van der Waals surface area contributed by atoms with Crippen LogP contribution in [0, 0.1) is 0 Å². The highest BCUT2D eigenvalue weighted by molar-refractivity contribution is 5.26. The minimum atomic E-state index is -9.51. The van der Waals surface area contributed by atoms with Crippen LogP contribution < -0.4 is 0 Å². The van der Waals surface area contributed by atoms with Crippen LogP contribution in [0.1, 0.15) is 0 Å².